The van der Waals surface area contributed by atoms with Crippen molar-refractivity contribution in [1.82, 2.24) is 10.2 Å². The highest BCUT2D eigenvalue weighted by Gasteiger charge is 2.50. The van der Waals surface area contributed by atoms with Crippen LogP contribution in [-0.2, 0) is 9.59 Å². The Morgan fingerprint density at radius 2 is 1.80 bits per heavy atom. The molecule has 0 spiro atoms. The van der Waals surface area contributed by atoms with Gasteiger partial charge in [0.1, 0.15) is 6.04 Å². The van der Waals surface area contributed by atoms with Crippen molar-refractivity contribution < 1.29 is 9.59 Å². The molecule has 4 atom stereocenters. The van der Waals surface area contributed by atoms with E-state index in [-0.39, 0.29) is 29.8 Å². The van der Waals surface area contributed by atoms with Gasteiger partial charge in [0.15, 0.2) is 0 Å². The third kappa shape index (κ3) is 3.31. The van der Waals surface area contributed by atoms with Crippen molar-refractivity contribution in [2.45, 2.75) is 70.0 Å². The molecule has 4 rings (SSSR count). The maximum Gasteiger partial charge on any atom is 0.243 e. The van der Waals surface area contributed by atoms with Crippen molar-refractivity contribution in [3.8, 4) is 0 Å². The minimum Gasteiger partial charge on any atom is -0.348 e. The van der Waals surface area contributed by atoms with E-state index in [1.54, 1.807) is 0 Å². The molecule has 0 bridgehead atoms. The second-order valence-electron chi connectivity index (χ2n) is 8.02. The highest BCUT2D eigenvalue weighted by atomic mass is 16.2. The highest BCUT2D eigenvalue weighted by molar-refractivity contribution is 5.90. The van der Waals surface area contributed by atoms with Gasteiger partial charge in [0.25, 0.3) is 0 Å². The van der Waals surface area contributed by atoms with E-state index in [9.17, 15) is 9.59 Å². The summed E-state index contributed by atoms with van der Waals surface area (Å²) in [5.74, 6) is 0.962. The molecule has 0 radical (unpaired) electrons. The topological polar surface area (TPSA) is 49.4 Å². The molecule has 2 amide bonds. The molecule has 1 heterocycles. The standard InChI is InChI=1S/C21H28N2O2/c1-14(15-7-3-2-4-8-15)22-20(24)19-13-17-9-5-6-10-18(17)23(19)21(25)16-11-12-16/h2-4,7-8,14,16-19H,5-6,9-13H2,1H3,(H,22,24)/t14-,17+,18+,19-/m0/s1. The van der Waals surface area contributed by atoms with Crippen LogP contribution in [-0.4, -0.2) is 28.8 Å². The first-order chi connectivity index (χ1) is 12.1. The summed E-state index contributed by atoms with van der Waals surface area (Å²) in [6.45, 7) is 2.02. The Labute approximate surface area is 150 Å². The van der Waals surface area contributed by atoms with Crippen LogP contribution in [0.25, 0.3) is 0 Å². The van der Waals surface area contributed by atoms with E-state index in [4.69, 9.17) is 0 Å². The zero-order valence-corrected chi connectivity index (χ0v) is 15.0. The number of carbonyl (C=O) groups is 2. The summed E-state index contributed by atoms with van der Waals surface area (Å²) in [6, 6.07) is 10.0. The van der Waals surface area contributed by atoms with Crippen LogP contribution in [0.3, 0.4) is 0 Å². The molecule has 1 aliphatic heterocycles. The second kappa shape index (κ2) is 6.81. The maximum absolute atomic E-state index is 13.0. The van der Waals surface area contributed by atoms with Crippen LogP contribution >= 0.6 is 0 Å². The number of hydrogen-bond acceptors (Lipinski definition) is 2. The highest BCUT2D eigenvalue weighted by Crippen LogP contribution is 2.43. The van der Waals surface area contributed by atoms with Crippen molar-refractivity contribution in [2.75, 3.05) is 0 Å². The molecule has 1 aromatic carbocycles. The SMILES string of the molecule is C[C@H](NC(=O)[C@@H]1C[C@H]2CCCC[C@H]2N1C(=O)C1CC1)c1ccccc1. The normalized spacial score (nSPS) is 29.8. The number of fused-ring (bicyclic) bond motifs is 1. The number of hydrogen-bond donors (Lipinski definition) is 1. The Morgan fingerprint density at radius 3 is 2.52 bits per heavy atom. The lowest BCUT2D eigenvalue weighted by Gasteiger charge is -2.34. The Bertz CT molecular complexity index is 641. The van der Waals surface area contributed by atoms with E-state index in [1.165, 1.54) is 12.8 Å². The van der Waals surface area contributed by atoms with Gasteiger partial charge in [-0.25, -0.2) is 0 Å². The lowest BCUT2D eigenvalue weighted by Crippen LogP contribution is -2.50. The van der Waals surface area contributed by atoms with Crippen LogP contribution in [0.15, 0.2) is 30.3 Å². The molecule has 2 aliphatic carbocycles. The quantitative estimate of drug-likeness (QED) is 0.913. The molecular weight excluding hydrogens is 312 g/mol. The third-order valence-electron chi connectivity index (χ3n) is 6.23. The van der Waals surface area contributed by atoms with E-state index in [0.717, 1.165) is 37.7 Å². The van der Waals surface area contributed by atoms with Gasteiger partial charge in [-0.15, -0.1) is 0 Å². The molecule has 25 heavy (non-hydrogen) atoms. The van der Waals surface area contributed by atoms with Crippen LogP contribution in [0, 0.1) is 11.8 Å². The smallest absolute Gasteiger partial charge is 0.243 e. The molecule has 1 N–H and O–H groups in total. The second-order valence-corrected chi connectivity index (χ2v) is 8.02. The van der Waals surface area contributed by atoms with E-state index >= 15 is 0 Å². The number of amides is 2. The predicted octanol–water partition coefficient (Wildman–Crippen LogP) is 3.43. The lowest BCUT2D eigenvalue weighted by molar-refractivity contribution is -0.142. The Balaban J connectivity index is 1.50. The van der Waals surface area contributed by atoms with Crippen LogP contribution < -0.4 is 5.32 Å². The Morgan fingerprint density at radius 1 is 1.08 bits per heavy atom. The van der Waals surface area contributed by atoms with Crippen molar-refractivity contribution in [1.29, 1.82) is 0 Å². The molecule has 134 valence electrons. The van der Waals surface area contributed by atoms with Crippen LogP contribution in [0.1, 0.15) is 63.5 Å². The molecule has 4 nitrogen and oxygen atoms in total. The first kappa shape index (κ1) is 16.6. The third-order valence-corrected chi connectivity index (χ3v) is 6.23. The first-order valence-corrected chi connectivity index (χ1v) is 9.82. The van der Waals surface area contributed by atoms with Crippen molar-refractivity contribution in [3.63, 3.8) is 0 Å². The summed E-state index contributed by atoms with van der Waals surface area (Å²) < 4.78 is 0. The number of carbonyl (C=O) groups excluding carboxylic acids is 2. The number of nitrogens with zero attached hydrogens (tertiary/aromatic N) is 1. The van der Waals surface area contributed by atoms with Gasteiger partial charge < -0.3 is 10.2 Å². The van der Waals surface area contributed by atoms with Crippen LogP contribution in [0.5, 0.6) is 0 Å². The van der Waals surface area contributed by atoms with Crippen molar-refractivity contribution >= 4 is 11.8 Å². The molecule has 3 aliphatic rings. The van der Waals surface area contributed by atoms with E-state index in [0.29, 0.717) is 12.0 Å². The van der Waals surface area contributed by atoms with Gasteiger partial charge in [-0.1, -0.05) is 43.2 Å². The van der Waals surface area contributed by atoms with Gasteiger partial charge in [0.2, 0.25) is 11.8 Å². The average molecular weight is 340 g/mol. The molecule has 1 aromatic rings. The number of nitrogens with one attached hydrogen (secondary N) is 1. The minimum absolute atomic E-state index is 0.0275. The monoisotopic (exact) mass is 340 g/mol. The van der Waals surface area contributed by atoms with Gasteiger partial charge in [-0.2, -0.15) is 0 Å². The number of rotatable bonds is 4. The molecular formula is C21H28N2O2. The van der Waals surface area contributed by atoms with Gasteiger partial charge in [0.05, 0.1) is 6.04 Å². The maximum atomic E-state index is 13.0. The zero-order valence-electron chi connectivity index (χ0n) is 15.0. The summed E-state index contributed by atoms with van der Waals surface area (Å²) in [5.41, 5.74) is 1.10. The number of likely N-dealkylation sites (tertiary alicyclic amines) is 1. The van der Waals surface area contributed by atoms with Crippen molar-refractivity contribution in [2.24, 2.45) is 11.8 Å². The van der Waals surface area contributed by atoms with Gasteiger partial charge in [0, 0.05) is 12.0 Å². The van der Waals surface area contributed by atoms with E-state index < -0.39 is 0 Å². The number of benzene rings is 1. The average Bonchev–Trinajstić information content (AvgIpc) is 3.41. The largest absolute Gasteiger partial charge is 0.348 e. The van der Waals surface area contributed by atoms with Crippen LogP contribution in [0.2, 0.25) is 0 Å². The summed E-state index contributed by atoms with van der Waals surface area (Å²) >= 11 is 0. The molecule has 0 aromatic heterocycles. The fourth-order valence-corrected chi connectivity index (χ4v) is 4.69. The summed E-state index contributed by atoms with van der Waals surface area (Å²) in [5, 5.41) is 3.16. The summed E-state index contributed by atoms with van der Waals surface area (Å²) in [6.07, 6.45) is 7.50. The zero-order chi connectivity index (χ0) is 17.4. The van der Waals surface area contributed by atoms with Gasteiger partial charge >= 0.3 is 0 Å². The molecule has 3 fully saturated rings. The lowest BCUT2D eigenvalue weighted by atomic mass is 9.84. The molecule has 4 heteroatoms. The fourth-order valence-electron chi connectivity index (χ4n) is 4.69. The summed E-state index contributed by atoms with van der Waals surface area (Å²) in [7, 11) is 0. The minimum atomic E-state index is -0.271. The first-order valence-electron chi connectivity index (χ1n) is 9.82. The fraction of sp³-hybridized carbons (Fsp3) is 0.619. The Hall–Kier alpha value is -1.84. The molecule has 0 unspecified atom stereocenters. The van der Waals surface area contributed by atoms with Crippen molar-refractivity contribution in [3.05, 3.63) is 35.9 Å². The predicted molar refractivity (Wildman–Crippen MR) is 96.7 cm³/mol. The van der Waals surface area contributed by atoms with Crippen LogP contribution in [0.4, 0.5) is 0 Å². The van der Waals surface area contributed by atoms with Gasteiger partial charge in [-0.05, 0) is 50.5 Å². The summed E-state index contributed by atoms with van der Waals surface area (Å²) in [4.78, 5) is 27.9. The van der Waals surface area contributed by atoms with E-state index in [1.807, 2.05) is 42.2 Å². The Kier molecular flexibility index (Phi) is 4.53. The molecule has 2 saturated carbocycles. The molecule has 1 saturated heterocycles. The van der Waals surface area contributed by atoms with E-state index in [2.05, 4.69) is 5.32 Å². The van der Waals surface area contributed by atoms with Gasteiger partial charge in [-0.3, -0.25) is 9.59 Å².